The maximum atomic E-state index is 12.4. The Morgan fingerprint density at radius 3 is 1.76 bits per heavy atom. The summed E-state index contributed by atoms with van der Waals surface area (Å²) in [4.78, 5) is 22.6. The summed E-state index contributed by atoms with van der Waals surface area (Å²) in [7, 11) is 0. The maximum Gasteiger partial charge on any atom is 0.330 e. The SMILES string of the molecule is CCOC(=O)C=Cc1ccc(N[NH+]([O-])c2ccc(C=CC(=O)OCC)cc2)cc1. The molecule has 1 unspecified atom stereocenters. The first-order valence-corrected chi connectivity index (χ1v) is 9.23. The summed E-state index contributed by atoms with van der Waals surface area (Å²) in [6.45, 7) is 4.14. The minimum Gasteiger partial charge on any atom is -0.603 e. The second-order valence-electron chi connectivity index (χ2n) is 5.87. The van der Waals surface area contributed by atoms with E-state index in [9.17, 15) is 14.8 Å². The van der Waals surface area contributed by atoms with Crippen molar-refractivity contribution in [3.05, 3.63) is 77.0 Å². The third kappa shape index (κ3) is 7.61. The van der Waals surface area contributed by atoms with Gasteiger partial charge in [-0.05, 0) is 61.4 Å². The summed E-state index contributed by atoms with van der Waals surface area (Å²) in [6.07, 6.45) is 5.97. The molecule has 0 radical (unpaired) electrons. The van der Waals surface area contributed by atoms with Crippen molar-refractivity contribution >= 4 is 35.5 Å². The largest absolute Gasteiger partial charge is 0.603 e. The molecule has 1 atom stereocenters. The first-order chi connectivity index (χ1) is 14.0. The number of rotatable bonds is 9. The molecule has 29 heavy (non-hydrogen) atoms. The Balaban J connectivity index is 1.93. The molecule has 0 heterocycles. The standard InChI is InChI=1S/C22H24N2O5/c1-3-28-21(25)15-9-17-5-11-19(12-6-17)23-24(27)20-13-7-18(8-14-20)10-16-22(26)29-4-2/h5-16,23-24H,3-4H2,1-2H3. The number of anilines is 1. The molecule has 152 valence electrons. The van der Waals surface area contributed by atoms with Gasteiger partial charge in [0.05, 0.1) is 18.9 Å². The van der Waals surface area contributed by atoms with Gasteiger partial charge in [0.2, 0.25) is 0 Å². The third-order valence-corrected chi connectivity index (χ3v) is 3.74. The zero-order valence-electron chi connectivity index (χ0n) is 16.4. The molecule has 0 aromatic heterocycles. The van der Waals surface area contributed by atoms with Crippen LogP contribution in [0.1, 0.15) is 25.0 Å². The highest BCUT2D eigenvalue weighted by atomic mass is 16.5. The van der Waals surface area contributed by atoms with Gasteiger partial charge in [0, 0.05) is 24.3 Å². The fourth-order valence-corrected chi connectivity index (χ4v) is 2.34. The van der Waals surface area contributed by atoms with Crippen LogP contribution < -0.4 is 10.6 Å². The van der Waals surface area contributed by atoms with E-state index in [-0.39, 0.29) is 5.17 Å². The van der Waals surface area contributed by atoms with Crippen LogP contribution >= 0.6 is 0 Å². The highest BCUT2D eigenvalue weighted by molar-refractivity contribution is 5.87. The average molecular weight is 396 g/mol. The smallest absolute Gasteiger partial charge is 0.330 e. The van der Waals surface area contributed by atoms with Crippen LogP contribution in [0.15, 0.2) is 60.7 Å². The number of esters is 2. The predicted molar refractivity (Wildman–Crippen MR) is 112 cm³/mol. The van der Waals surface area contributed by atoms with E-state index in [4.69, 9.17) is 9.47 Å². The second-order valence-corrected chi connectivity index (χ2v) is 5.87. The van der Waals surface area contributed by atoms with Crippen LogP contribution in [-0.2, 0) is 19.1 Å². The van der Waals surface area contributed by atoms with Gasteiger partial charge in [0.15, 0.2) is 5.69 Å². The lowest BCUT2D eigenvalue weighted by atomic mass is 10.2. The number of carbonyl (C=O) groups excluding carboxylic acids is 2. The summed E-state index contributed by atoms with van der Waals surface area (Å²) in [5.74, 6) is -0.805. The fourth-order valence-electron chi connectivity index (χ4n) is 2.34. The lowest BCUT2D eigenvalue weighted by molar-refractivity contribution is -0.749. The molecule has 0 fully saturated rings. The molecule has 7 heteroatoms. The van der Waals surface area contributed by atoms with E-state index < -0.39 is 11.9 Å². The Morgan fingerprint density at radius 1 is 0.862 bits per heavy atom. The van der Waals surface area contributed by atoms with Gasteiger partial charge in [0.25, 0.3) is 0 Å². The molecule has 0 amide bonds. The predicted octanol–water partition coefficient (Wildman–Crippen LogP) is 2.88. The number of benzene rings is 2. The molecule has 0 aliphatic rings. The van der Waals surface area contributed by atoms with E-state index in [1.165, 1.54) is 12.2 Å². The highest BCUT2D eigenvalue weighted by Gasteiger charge is 2.04. The van der Waals surface area contributed by atoms with Crippen molar-refractivity contribution in [3.63, 3.8) is 0 Å². The molecular formula is C22H24N2O5. The first-order valence-electron chi connectivity index (χ1n) is 9.23. The summed E-state index contributed by atoms with van der Waals surface area (Å²) in [6, 6.07) is 13.9. The van der Waals surface area contributed by atoms with Gasteiger partial charge >= 0.3 is 11.9 Å². The quantitative estimate of drug-likeness (QED) is 0.385. The summed E-state index contributed by atoms with van der Waals surface area (Å²) in [5.41, 5.74) is 5.53. The Hall–Kier alpha value is -3.42. The summed E-state index contributed by atoms with van der Waals surface area (Å²) in [5, 5.41) is 12.1. The maximum absolute atomic E-state index is 12.4. The molecule has 2 rings (SSSR count). The van der Waals surface area contributed by atoms with Crippen molar-refractivity contribution in [1.29, 1.82) is 0 Å². The third-order valence-electron chi connectivity index (χ3n) is 3.74. The molecule has 0 spiro atoms. The van der Waals surface area contributed by atoms with Crippen LogP contribution in [0, 0.1) is 5.21 Å². The minimum absolute atomic E-state index is 0.249. The van der Waals surface area contributed by atoms with Crippen LogP contribution in [0.4, 0.5) is 11.4 Å². The first kappa shape index (κ1) is 21.9. The van der Waals surface area contributed by atoms with Crippen LogP contribution in [0.25, 0.3) is 12.2 Å². The molecule has 0 saturated carbocycles. The Kier molecular flexibility index (Phi) is 8.62. The fraction of sp³-hybridized carbons (Fsp3) is 0.182. The minimum atomic E-state index is -0.408. The molecule has 0 bridgehead atoms. The summed E-state index contributed by atoms with van der Waals surface area (Å²) < 4.78 is 9.65. The average Bonchev–Trinajstić information content (AvgIpc) is 2.72. The van der Waals surface area contributed by atoms with Crippen LogP contribution in [0.5, 0.6) is 0 Å². The van der Waals surface area contributed by atoms with Gasteiger partial charge in [-0.1, -0.05) is 12.1 Å². The van der Waals surface area contributed by atoms with Crippen molar-refractivity contribution in [3.8, 4) is 0 Å². The van der Waals surface area contributed by atoms with Crippen LogP contribution in [0.3, 0.4) is 0 Å². The Bertz CT molecular complexity index is 858. The van der Waals surface area contributed by atoms with Gasteiger partial charge in [-0.2, -0.15) is 0 Å². The Morgan fingerprint density at radius 2 is 1.31 bits per heavy atom. The Labute approximate surface area is 169 Å². The molecule has 2 N–H and O–H groups in total. The number of ether oxygens (including phenoxy) is 2. The van der Waals surface area contributed by atoms with E-state index in [0.717, 1.165) is 11.1 Å². The highest BCUT2D eigenvalue weighted by Crippen LogP contribution is 2.11. The zero-order valence-corrected chi connectivity index (χ0v) is 16.4. The lowest BCUT2D eigenvalue weighted by Gasteiger charge is -2.22. The van der Waals surface area contributed by atoms with Crippen molar-refractivity contribution in [2.24, 2.45) is 0 Å². The molecular weight excluding hydrogens is 372 g/mol. The molecule has 2 aromatic rings. The zero-order chi connectivity index (χ0) is 21.1. The number of hydrogen-bond donors (Lipinski definition) is 2. The number of quaternary nitrogens is 1. The topological polar surface area (TPSA) is 92.1 Å². The molecule has 0 aliphatic carbocycles. The number of carbonyl (C=O) groups is 2. The summed E-state index contributed by atoms with van der Waals surface area (Å²) >= 11 is 0. The monoisotopic (exact) mass is 396 g/mol. The van der Waals surface area contributed by atoms with Gasteiger partial charge in [-0.3, -0.25) is 0 Å². The molecule has 0 aliphatic heterocycles. The van der Waals surface area contributed by atoms with Crippen LogP contribution in [0.2, 0.25) is 0 Å². The van der Waals surface area contributed by atoms with E-state index in [1.54, 1.807) is 74.5 Å². The second kappa shape index (κ2) is 11.4. The van der Waals surface area contributed by atoms with Gasteiger partial charge in [-0.25, -0.2) is 20.2 Å². The molecule has 2 aromatic carbocycles. The van der Waals surface area contributed by atoms with E-state index in [1.807, 2.05) is 0 Å². The van der Waals surface area contributed by atoms with E-state index in [2.05, 4.69) is 5.43 Å². The normalized spacial score (nSPS) is 12.1. The van der Waals surface area contributed by atoms with E-state index in [0.29, 0.717) is 24.6 Å². The van der Waals surface area contributed by atoms with Crippen molar-refractivity contribution < 1.29 is 24.2 Å². The molecule has 0 saturated heterocycles. The van der Waals surface area contributed by atoms with Crippen molar-refractivity contribution in [1.82, 2.24) is 0 Å². The number of hydrogen-bond acceptors (Lipinski definition) is 6. The lowest BCUT2D eigenvalue weighted by Crippen LogP contribution is -3.05. The van der Waals surface area contributed by atoms with Crippen molar-refractivity contribution in [2.75, 3.05) is 18.6 Å². The van der Waals surface area contributed by atoms with Gasteiger partial charge in [-0.15, -0.1) is 0 Å². The van der Waals surface area contributed by atoms with E-state index >= 15 is 0 Å². The van der Waals surface area contributed by atoms with Gasteiger partial charge in [0.1, 0.15) is 0 Å². The molecule has 7 nitrogen and oxygen atoms in total. The van der Waals surface area contributed by atoms with Gasteiger partial charge < -0.3 is 14.7 Å². The van der Waals surface area contributed by atoms with Crippen molar-refractivity contribution in [2.45, 2.75) is 13.8 Å². The number of nitrogens with one attached hydrogen (secondary N) is 2. The van der Waals surface area contributed by atoms with Crippen LogP contribution in [-0.4, -0.2) is 25.2 Å².